The highest BCUT2D eigenvalue weighted by atomic mass is 32.1. The van der Waals surface area contributed by atoms with Crippen LogP contribution in [-0.2, 0) is 19.4 Å². The molecule has 1 aliphatic carbocycles. The molecule has 2 heterocycles. The second-order valence-corrected chi connectivity index (χ2v) is 8.77. The van der Waals surface area contributed by atoms with Crippen LogP contribution in [0.15, 0.2) is 4.79 Å². The molecule has 132 valence electrons. The van der Waals surface area contributed by atoms with Gasteiger partial charge in [-0.3, -0.25) is 9.36 Å². The summed E-state index contributed by atoms with van der Waals surface area (Å²) in [6.45, 7) is 10.7. The first kappa shape index (κ1) is 17.4. The van der Waals surface area contributed by atoms with Crippen molar-refractivity contribution in [3.05, 3.63) is 20.8 Å². The number of aryl methyl sites for hydroxylation is 1. The highest BCUT2D eigenvalue weighted by Gasteiger charge is 2.32. The maximum Gasteiger partial charge on any atom is 0.263 e. The number of fused-ring (bicyclic) bond motifs is 3. The Morgan fingerprint density at radius 3 is 2.79 bits per heavy atom. The summed E-state index contributed by atoms with van der Waals surface area (Å²) in [5.41, 5.74) is 7.23. The van der Waals surface area contributed by atoms with Crippen LogP contribution in [0.5, 0.6) is 0 Å². The Hall–Kier alpha value is -1.40. The fourth-order valence-corrected chi connectivity index (χ4v) is 4.90. The third-order valence-corrected chi connectivity index (χ3v) is 6.29. The number of aromatic nitrogens is 2. The van der Waals surface area contributed by atoms with Crippen molar-refractivity contribution < 1.29 is 0 Å². The van der Waals surface area contributed by atoms with E-state index in [4.69, 9.17) is 10.7 Å². The number of hydrogen-bond donors (Lipinski definition) is 2. The van der Waals surface area contributed by atoms with Crippen LogP contribution in [0, 0.1) is 11.3 Å². The largest absolute Gasteiger partial charge is 0.354 e. The lowest BCUT2D eigenvalue weighted by molar-refractivity contribution is 0.218. The van der Waals surface area contributed by atoms with Gasteiger partial charge >= 0.3 is 0 Å². The van der Waals surface area contributed by atoms with Crippen molar-refractivity contribution in [2.45, 2.75) is 53.5 Å². The molecule has 6 heteroatoms. The van der Waals surface area contributed by atoms with E-state index >= 15 is 0 Å². The minimum absolute atomic E-state index is 0.0914. The van der Waals surface area contributed by atoms with Crippen LogP contribution in [0.1, 0.15) is 44.6 Å². The van der Waals surface area contributed by atoms with Gasteiger partial charge < -0.3 is 11.1 Å². The number of rotatable bonds is 4. The first-order chi connectivity index (χ1) is 11.4. The van der Waals surface area contributed by atoms with Crippen molar-refractivity contribution in [1.82, 2.24) is 9.55 Å². The van der Waals surface area contributed by atoms with E-state index in [0.29, 0.717) is 36.9 Å². The van der Waals surface area contributed by atoms with Gasteiger partial charge in [-0.05, 0) is 43.1 Å². The minimum Gasteiger partial charge on any atom is -0.354 e. The summed E-state index contributed by atoms with van der Waals surface area (Å²) in [5, 5.41) is 4.04. The number of anilines is 1. The van der Waals surface area contributed by atoms with Gasteiger partial charge in [-0.25, -0.2) is 4.98 Å². The molecule has 0 fully saturated rings. The summed E-state index contributed by atoms with van der Waals surface area (Å²) in [7, 11) is 0. The third kappa shape index (κ3) is 2.97. The van der Waals surface area contributed by atoms with Crippen LogP contribution in [0.2, 0.25) is 0 Å². The van der Waals surface area contributed by atoms with E-state index in [0.717, 1.165) is 29.5 Å². The standard InChI is InChI=1S/C18H28N4OS/c1-5-22-16(23)14-12-7-6-11(18(2,3)4)10-13(12)24-15(14)21-17(22)20-9-8-19/h11H,5-10,19H2,1-4H3,(H,20,21). The molecule has 0 bridgehead atoms. The molecule has 0 amide bonds. The van der Waals surface area contributed by atoms with Gasteiger partial charge in [0, 0.05) is 24.5 Å². The fourth-order valence-electron chi connectivity index (χ4n) is 3.61. The molecule has 0 saturated heterocycles. The van der Waals surface area contributed by atoms with Gasteiger partial charge in [0.25, 0.3) is 5.56 Å². The molecule has 0 radical (unpaired) electrons. The monoisotopic (exact) mass is 348 g/mol. The molecule has 0 spiro atoms. The second kappa shape index (κ2) is 6.48. The van der Waals surface area contributed by atoms with E-state index in [9.17, 15) is 4.79 Å². The van der Waals surface area contributed by atoms with Gasteiger partial charge in [0.2, 0.25) is 5.95 Å². The predicted molar refractivity (Wildman–Crippen MR) is 102 cm³/mol. The molecule has 1 atom stereocenters. The molecule has 0 saturated carbocycles. The predicted octanol–water partition coefficient (Wildman–Crippen LogP) is 3.00. The van der Waals surface area contributed by atoms with Crippen LogP contribution in [0.3, 0.4) is 0 Å². The van der Waals surface area contributed by atoms with Crippen LogP contribution < -0.4 is 16.6 Å². The number of nitrogens with two attached hydrogens (primary N) is 1. The van der Waals surface area contributed by atoms with Crippen LogP contribution >= 0.6 is 11.3 Å². The smallest absolute Gasteiger partial charge is 0.263 e. The first-order valence-electron chi connectivity index (χ1n) is 8.85. The second-order valence-electron chi connectivity index (χ2n) is 7.69. The number of nitrogens with one attached hydrogen (secondary N) is 1. The van der Waals surface area contributed by atoms with Gasteiger partial charge in [0.15, 0.2) is 0 Å². The number of hydrogen-bond acceptors (Lipinski definition) is 5. The zero-order valence-corrected chi connectivity index (χ0v) is 15.9. The quantitative estimate of drug-likeness (QED) is 0.891. The first-order valence-corrected chi connectivity index (χ1v) is 9.67. The van der Waals surface area contributed by atoms with E-state index in [1.165, 1.54) is 10.4 Å². The molecule has 2 aromatic heterocycles. The fraction of sp³-hybridized carbons (Fsp3) is 0.667. The number of thiophene rings is 1. The summed E-state index contributed by atoms with van der Waals surface area (Å²) >= 11 is 1.70. The summed E-state index contributed by atoms with van der Waals surface area (Å²) in [5.74, 6) is 1.31. The number of nitrogens with zero attached hydrogens (tertiary/aromatic N) is 2. The van der Waals surface area contributed by atoms with Crippen LogP contribution in [0.25, 0.3) is 10.2 Å². The van der Waals surface area contributed by atoms with Crippen LogP contribution in [-0.4, -0.2) is 22.6 Å². The maximum atomic E-state index is 13.0. The Morgan fingerprint density at radius 1 is 1.42 bits per heavy atom. The van der Waals surface area contributed by atoms with E-state index in [2.05, 4.69) is 26.1 Å². The van der Waals surface area contributed by atoms with Gasteiger partial charge in [0.05, 0.1) is 5.39 Å². The summed E-state index contributed by atoms with van der Waals surface area (Å²) in [4.78, 5) is 20.0. The molecule has 0 aliphatic heterocycles. The minimum atomic E-state index is 0.0914. The lowest BCUT2D eigenvalue weighted by atomic mass is 9.72. The molecule has 3 rings (SSSR count). The van der Waals surface area contributed by atoms with Crippen molar-refractivity contribution in [3.8, 4) is 0 Å². The third-order valence-electron chi connectivity index (χ3n) is 5.14. The van der Waals surface area contributed by atoms with Crippen LogP contribution in [0.4, 0.5) is 5.95 Å². The van der Waals surface area contributed by atoms with Gasteiger partial charge in [-0.2, -0.15) is 0 Å². The van der Waals surface area contributed by atoms with Crippen molar-refractivity contribution in [1.29, 1.82) is 0 Å². The Morgan fingerprint density at radius 2 is 2.17 bits per heavy atom. The summed E-state index contributed by atoms with van der Waals surface area (Å²) in [6, 6.07) is 0. The molecular formula is C18H28N4OS. The van der Waals surface area contributed by atoms with Gasteiger partial charge in [0.1, 0.15) is 4.83 Å². The normalized spacial score (nSPS) is 18.0. The van der Waals surface area contributed by atoms with E-state index in [-0.39, 0.29) is 5.56 Å². The molecular weight excluding hydrogens is 320 g/mol. The molecule has 2 aromatic rings. The molecule has 1 aliphatic rings. The van der Waals surface area contributed by atoms with Gasteiger partial charge in [-0.15, -0.1) is 11.3 Å². The van der Waals surface area contributed by atoms with E-state index < -0.39 is 0 Å². The molecule has 24 heavy (non-hydrogen) atoms. The Labute approximate surface area is 147 Å². The zero-order valence-electron chi connectivity index (χ0n) is 15.1. The highest BCUT2D eigenvalue weighted by Crippen LogP contribution is 2.42. The Balaban J connectivity index is 2.10. The SMILES string of the molecule is CCn1c(NCCN)nc2sc3c(c2c1=O)CCC(C(C)(C)C)C3. The summed E-state index contributed by atoms with van der Waals surface area (Å²) in [6.07, 6.45) is 3.21. The lowest BCUT2D eigenvalue weighted by Gasteiger charge is -2.33. The van der Waals surface area contributed by atoms with E-state index in [1.807, 2.05) is 6.92 Å². The molecule has 1 unspecified atom stereocenters. The maximum absolute atomic E-state index is 13.0. The Bertz CT molecular complexity index is 800. The zero-order chi connectivity index (χ0) is 17.5. The average Bonchev–Trinajstić information content (AvgIpc) is 2.89. The Kier molecular flexibility index (Phi) is 4.71. The lowest BCUT2D eigenvalue weighted by Crippen LogP contribution is -2.28. The van der Waals surface area contributed by atoms with Crippen molar-refractivity contribution >= 4 is 27.5 Å². The van der Waals surface area contributed by atoms with Crippen molar-refractivity contribution in [2.75, 3.05) is 18.4 Å². The molecule has 3 N–H and O–H groups in total. The highest BCUT2D eigenvalue weighted by molar-refractivity contribution is 7.18. The molecule has 0 aromatic carbocycles. The van der Waals surface area contributed by atoms with Gasteiger partial charge in [-0.1, -0.05) is 20.8 Å². The average molecular weight is 349 g/mol. The molecule has 5 nitrogen and oxygen atoms in total. The summed E-state index contributed by atoms with van der Waals surface area (Å²) < 4.78 is 1.74. The van der Waals surface area contributed by atoms with Crippen molar-refractivity contribution in [2.24, 2.45) is 17.1 Å². The topological polar surface area (TPSA) is 72.9 Å². The van der Waals surface area contributed by atoms with Crippen molar-refractivity contribution in [3.63, 3.8) is 0 Å². The van der Waals surface area contributed by atoms with E-state index in [1.54, 1.807) is 15.9 Å².